The molecule has 1 aliphatic heterocycles. The van der Waals surface area contributed by atoms with Crippen LogP contribution in [0.25, 0.3) is 0 Å². The third-order valence-corrected chi connectivity index (χ3v) is 5.29. The Labute approximate surface area is 127 Å². The van der Waals surface area contributed by atoms with Gasteiger partial charge in [-0.2, -0.15) is 0 Å². The number of carbonyl (C=O) groups excluding carboxylic acids is 2. The van der Waals surface area contributed by atoms with Crippen molar-refractivity contribution in [2.45, 2.75) is 12.5 Å². The van der Waals surface area contributed by atoms with Crippen molar-refractivity contribution >= 4 is 21.7 Å². The molecule has 1 unspecified atom stereocenters. The molecule has 1 aliphatic rings. The van der Waals surface area contributed by atoms with E-state index in [1.807, 2.05) is 0 Å². The number of amides is 1. The number of likely N-dealkylation sites (N-methyl/N-ethyl adjacent to an activating group) is 1. The number of ether oxygens (including phenoxy) is 1. The number of carbonyl (C=O) groups is 2. The normalized spacial score (nSPS) is 19.6. The molecule has 1 fully saturated rings. The second kappa shape index (κ2) is 6.43. The van der Waals surface area contributed by atoms with Crippen LogP contribution in [0.1, 0.15) is 16.8 Å². The van der Waals surface area contributed by atoms with Crippen LogP contribution in [0.15, 0.2) is 24.3 Å². The molecular weight excluding hydrogens is 313 g/mol. The van der Waals surface area contributed by atoms with Crippen LogP contribution in [0.4, 0.5) is 4.39 Å². The Morgan fingerprint density at radius 3 is 2.73 bits per heavy atom. The van der Waals surface area contributed by atoms with Gasteiger partial charge in [-0.3, -0.25) is 4.79 Å². The Morgan fingerprint density at radius 1 is 1.41 bits per heavy atom. The van der Waals surface area contributed by atoms with Crippen LogP contribution < -0.4 is 0 Å². The van der Waals surface area contributed by atoms with Gasteiger partial charge in [0.2, 0.25) is 0 Å². The molecule has 1 saturated heterocycles. The quantitative estimate of drug-likeness (QED) is 0.757. The van der Waals surface area contributed by atoms with E-state index in [1.54, 1.807) is 0 Å². The Kier molecular flexibility index (Phi) is 4.80. The Morgan fingerprint density at radius 2 is 2.14 bits per heavy atom. The van der Waals surface area contributed by atoms with Crippen molar-refractivity contribution < 1.29 is 27.1 Å². The summed E-state index contributed by atoms with van der Waals surface area (Å²) in [4.78, 5) is 24.9. The molecule has 0 saturated carbocycles. The number of esters is 1. The SMILES string of the molecule is CN(C(=O)COC(=O)c1cccc(F)c1)C1CCS(=O)(=O)C1. The highest BCUT2D eigenvalue weighted by Gasteiger charge is 2.32. The van der Waals surface area contributed by atoms with Gasteiger partial charge in [0, 0.05) is 13.1 Å². The Balaban J connectivity index is 1.88. The van der Waals surface area contributed by atoms with Crippen LogP contribution in [0.2, 0.25) is 0 Å². The lowest BCUT2D eigenvalue weighted by Crippen LogP contribution is -2.40. The van der Waals surface area contributed by atoms with Crippen molar-refractivity contribution in [2.75, 3.05) is 25.2 Å². The highest BCUT2D eigenvalue weighted by molar-refractivity contribution is 7.91. The molecular formula is C14H16FNO5S. The average Bonchev–Trinajstić information content (AvgIpc) is 2.83. The number of nitrogens with zero attached hydrogens (tertiary/aromatic N) is 1. The number of rotatable bonds is 4. The van der Waals surface area contributed by atoms with Gasteiger partial charge >= 0.3 is 5.97 Å². The van der Waals surface area contributed by atoms with Gasteiger partial charge < -0.3 is 9.64 Å². The van der Waals surface area contributed by atoms with Gasteiger partial charge in [0.15, 0.2) is 16.4 Å². The summed E-state index contributed by atoms with van der Waals surface area (Å²) >= 11 is 0. The first-order valence-corrected chi connectivity index (χ1v) is 8.49. The molecule has 0 spiro atoms. The van der Waals surface area contributed by atoms with Crippen molar-refractivity contribution in [3.8, 4) is 0 Å². The Hall–Kier alpha value is -1.96. The molecule has 22 heavy (non-hydrogen) atoms. The van der Waals surface area contributed by atoms with E-state index in [1.165, 1.54) is 30.1 Å². The van der Waals surface area contributed by atoms with Gasteiger partial charge in [0.25, 0.3) is 5.91 Å². The molecule has 1 heterocycles. The number of halogens is 1. The predicted molar refractivity (Wildman–Crippen MR) is 76.5 cm³/mol. The summed E-state index contributed by atoms with van der Waals surface area (Å²) in [6.45, 7) is -0.512. The molecule has 0 bridgehead atoms. The summed E-state index contributed by atoms with van der Waals surface area (Å²) in [5.74, 6) is -1.90. The van der Waals surface area contributed by atoms with E-state index in [2.05, 4.69) is 0 Å². The monoisotopic (exact) mass is 329 g/mol. The minimum atomic E-state index is -3.10. The number of hydrogen-bond acceptors (Lipinski definition) is 5. The predicted octanol–water partition coefficient (Wildman–Crippen LogP) is 0.628. The van der Waals surface area contributed by atoms with Crippen molar-refractivity contribution in [1.29, 1.82) is 0 Å². The summed E-state index contributed by atoms with van der Waals surface area (Å²) in [6.07, 6.45) is 0.377. The number of sulfone groups is 1. The maximum atomic E-state index is 13.0. The molecule has 2 rings (SSSR count). The first-order chi connectivity index (χ1) is 10.3. The summed E-state index contributed by atoms with van der Waals surface area (Å²) in [5, 5.41) is 0. The zero-order valence-corrected chi connectivity index (χ0v) is 12.8. The summed E-state index contributed by atoms with van der Waals surface area (Å²) in [7, 11) is -1.62. The summed E-state index contributed by atoms with van der Waals surface area (Å²) in [6, 6.07) is 4.55. The van der Waals surface area contributed by atoms with Gasteiger partial charge in [-0.1, -0.05) is 6.07 Å². The lowest BCUT2D eigenvalue weighted by Gasteiger charge is -2.23. The highest BCUT2D eigenvalue weighted by Crippen LogP contribution is 2.16. The van der Waals surface area contributed by atoms with E-state index < -0.39 is 40.2 Å². The maximum Gasteiger partial charge on any atom is 0.338 e. The summed E-state index contributed by atoms with van der Waals surface area (Å²) < 4.78 is 40.6. The van der Waals surface area contributed by atoms with Crippen LogP contribution in [-0.4, -0.2) is 56.4 Å². The molecule has 0 aromatic heterocycles. The summed E-state index contributed by atoms with van der Waals surface area (Å²) in [5.41, 5.74) is 0.0129. The molecule has 1 amide bonds. The Bertz CT molecular complexity index is 688. The largest absolute Gasteiger partial charge is 0.452 e. The van der Waals surface area contributed by atoms with Crippen LogP contribution in [0.3, 0.4) is 0 Å². The standard InChI is InChI=1S/C14H16FNO5S/c1-16(12-5-6-22(19,20)9-12)13(17)8-21-14(18)10-3-2-4-11(15)7-10/h2-4,7,12H,5-6,8-9H2,1H3. The van der Waals surface area contributed by atoms with Crippen LogP contribution in [0.5, 0.6) is 0 Å². The smallest absolute Gasteiger partial charge is 0.338 e. The molecule has 0 radical (unpaired) electrons. The van der Waals surface area contributed by atoms with Gasteiger partial charge in [0.05, 0.1) is 17.1 Å². The third-order valence-electron chi connectivity index (χ3n) is 3.54. The highest BCUT2D eigenvalue weighted by atomic mass is 32.2. The van der Waals surface area contributed by atoms with E-state index in [-0.39, 0.29) is 17.1 Å². The molecule has 6 nitrogen and oxygen atoms in total. The fourth-order valence-corrected chi connectivity index (χ4v) is 3.99. The molecule has 1 aromatic rings. The second-order valence-corrected chi connectivity index (χ2v) is 7.38. The molecule has 1 atom stereocenters. The van der Waals surface area contributed by atoms with Gasteiger partial charge in [-0.05, 0) is 24.6 Å². The average molecular weight is 329 g/mol. The molecule has 8 heteroatoms. The fraction of sp³-hybridized carbons (Fsp3) is 0.429. The van der Waals surface area contributed by atoms with Gasteiger partial charge in [0.1, 0.15) is 5.82 Å². The van der Waals surface area contributed by atoms with Crippen molar-refractivity contribution in [3.63, 3.8) is 0 Å². The van der Waals surface area contributed by atoms with Gasteiger partial charge in [-0.25, -0.2) is 17.6 Å². The fourth-order valence-electron chi connectivity index (χ4n) is 2.21. The van der Waals surface area contributed by atoms with Crippen LogP contribution >= 0.6 is 0 Å². The zero-order valence-electron chi connectivity index (χ0n) is 12.0. The molecule has 1 aromatic carbocycles. The van der Waals surface area contributed by atoms with E-state index >= 15 is 0 Å². The zero-order chi connectivity index (χ0) is 16.3. The van der Waals surface area contributed by atoms with E-state index in [9.17, 15) is 22.4 Å². The van der Waals surface area contributed by atoms with Crippen molar-refractivity contribution in [2.24, 2.45) is 0 Å². The molecule has 0 N–H and O–H groups in total. The van der Waals surface area contributed by atoms with Gasteiger partial charge in [-0.15, -0.1) is 0 Å². The minimum Gasteiger partial charge on any atom is -0.452 e. The lowest BCUT2D eigenvalue weighted by molar-refractivity contribution is -0.134. The number of hydrogen-bond donors (Lipinski definition) is 0. The van der Waals surface area contributed by atoms with Crippen molar-refractivity contribution in [1.82, 2.24) is 4.90 Å². The van der Waals surface area contributed by atoms with E-state index in [0.29, 0.717) is 6.42 Å². The van der Waals surface area contributed by atoms with Crippen molar-refractivity contribution in [3.05, 3.63) is 35.6 Å². The second-order valence-electron chi connectivity index (χ2n) is 5.15. The first kappa shape index (κ1) is 16.4. The van der Waals surface area contributed by atoms with E-state index in [0.717, 1.165) is 6.07 Å². The van der Waals surface area contributed by atoms with Crippen LogP contribution in [0, 0.1) is 5.82 Å². The van der Waals surface area contributed by atoms with Crippen LogP contribution in [-0.2, 0) is 19.4 Å². The lowest BCUT2D eigenvalue weighted by atomic mass is 10.2. The minimum absolute atomic E-state index is 0.0129. The number of benzene rings is 1. The molecule has 0 aliphatic carbocycles. The first-order valence-electron chi connectivity index (χ1n) is 6.67. The topological polar surface area (TPSA) is 80.8 Å². The maximum absolute atomic E-state index is 13.0. The third kappa shape index (κ3) is 4.03. The van der Waals surface area contributed by atoms with E-state index in [4.69, 9.17) is 4.74 Å². The molecule has 120 valence electrons.